The van der Waals surface area contributed by atoms with Crippen molar-refractivity contribution in [1.82, 2.24) is 0 Å². The third-order valence-electron chi connectivity index (χ3n) is 7.53. The van der Waals surface area contributed by atoms with Gasteiger partial charge in [-0.15, -0.1) is 15.3 Å². The van der Waals surface area contributed by atoms with Gasteiger partial charge in [0.05, 0.1) is 43.6 Å². The van der Waals surface area contributed by atoms with Crippen molar-refractivity contribution >= 4 is 82.2 Å². The Kier molecular flexibility index (Phi) is 9.46. The average Bonchev–Trinajstić information content (AvgIpc) is 3.10. The molecule has 0 bridgehead atoms. The van der Waals surface area contributed by atoms with Crippen LogP contribution in [0.15, 0.2) is 150 Å². The van der Waals surface area contributed by atoms with Crippen molar-refractivity contribution in [3.63, 3.8) is 0 Å². The summed E-state index contributed by atoms with van der Waals surface area (Å²) in [5.41, 5.74) is 20.0. The number of aromatic hydroxyl groups is 1. The van der Waals surface area contributed by atoms with Crippen molar-refractivity contribution in [1.29, 1.82) is 0 Å². The summed E-state index contributed by atoms with van der Waals surface area (Å²) in [6, 6.07) is 28.2. The maximum absolute atomic E-state index is 12.3. The first-order valence-corrected chi connectivity index (χ1v) is 17.7. The van der Waals surface area contributed by atoms with E-state index in [1.54, 1.807) is 72.8 Å². The predicted octanol–water partition coefficient (Wildman–Crippen LogP) is 8.01. The number of benzene rings is 6. The van der Waals surface area contributed by atoms with Gasteiger partial charge in [0.1, 0.15) is 37.3 Å². The second-order valence-corrected chi connectivity index (χ2v) is 13.8. The molecule has 0 amide bonds. The molecule has 0 aromatic heterocycles. The molecule has 0 atom stereocenters. The molecular weight excluding hydrogens is 711 g/mol. The van der Waals surface area contributed by atoms with Crippen molar-refractivity contribution in [2.75, 3.05) is 17.2 Å². The highest BCUT2D eigenvalue weighted by Gasteiger charge is 2.24. The van der Waals surface area contributed by atoms with E-state index in [0.29, 0.717) is 22.7 Å². The monoisotopic (exact) mass is 735 g/mol. The topological polar surface area (TPSA) is 287 Å². The van der Waals surface area contributed by atoms with Crippen LogP contribution in [0.4, 0.5) is 51.2 Å². The summed E-state index contributed by atoms with van der Waals surface area (Å²) in [5, 5.41) is 34.5. The van der Waals surface area contributed by atoms with E-state index < -0.39 is 52.8 Å². The van der Waals surface area contributed by atoms with Gasteiger partial charge in [0.25, 0.3) is 0 Å². The first kappa shape index (κ1) is 35.2. The van der Waals surface area contributed by atoms with E-state index in [9.17, 15) is 31.0 Å². The number of hydrogen-bond acceptors (Lipinski definition) is 16. The average molecular weight is 736 g/mol. The van der Waals surface area contributed by atoms with Gasteiger partial charge in [0, 0.05) is 5.69 Å². The van der Waals surface area contributed by atoms with Crippen LogP contribution in [-0.4, -0.2) is 31.0 Å². The van der Waals surface area contributed by atoms with Crippen LogP contribution in [0.2, 0.25) is 0 Å². The molecule has 0 aliphatic carbocycles. The molecule has 6 aromatic carbocycles. The van der Waals surface area contributed by atoms with Crippen LogP contribution in [0, 0.1) is 0 Å². The Morgan fingerprint density at radius 3 is 1.54 bits per heavy atom. The highest BCUT2D eigenvalue weighted by molar-refractivity contribution is 7.86. The normalized spacial score (nSPS) is 12.4. The number of azo groups is 3. The van der Waals surface area contributed by atoms with Crippen molar-refractivity contribution in [3.8, 4) is 16.9 Å². The number of hydrogen-bond donors (Lipinski definition) is 4. The second-order valence-electron chi connectivity index (χ2n) is 11.1. The molecule has 0 spiro atoms. The minimum absolute atomic E-state index is 0.235. The summed E-state index contributed by atoms with van der Waals surface area (Å²) in [4.78, 5) is -2.00. The lowest BCUT2D eigenvalue weighted by Crippen LogP contribution is -2.04. The highest BCUT2D eigenvalue weighted by atomic mass is 32.2. The zero-order chi connectivity index (χ0) is 37.2. The van der Waals surface area contributed by atoms with E-state index in [0.717, 1.165) is 23.3 Å². The summed E-state index contributed by atoms with van der Waals surface area (Å²) in [6.07, 6.45) is 0. The first-order valence-electron chi connectivity index (χ1n) is 14.9. The van der Waals surface area contributed by atoms with Crippen LogP contribution in [0.3, 0.4) is 0 Å². The number of nitrogens with zero attached hydrogens (tertiary/aromatic N) is 6. The number of fused-ring (bicyclic) bond motifs is 1. The van der Waals surface area contributed by atoms with Crippen LogP contribution < -0.4 is 17.2 Å². The lowest BCUT2D eigenvalue weighted by molar-refractivity contribution is 0.458. The number of phenols is 1. The molecule has 0 aliphatic rings. The molecule has 0 fully saturated rings. The Balaban J connectivity index is 1.33. The number of anilines is 3. The lowest BCUT2D eigenvalue weighted by Gasteiger charge is -2.18. The van der Waals surface area contributed by atoms with Crippen molar-refractivity contribution in [2.45, 2.75) is 9.79 Å². The fraction of sp³-hybridized carbons (Fsp3) is 0. The Bertz CT molecular complexity index is 2650. The van der Waals surface area contributed by atoms with Crippen molar-refractivity contribution in [3.05, 3.63) is 109 Å². The zero-order valence-electron chi connectivity index (χ0n) is 26.5. The number of rotatable bonds is 9. The third kappa shape index (κ3) is 7.59. The molecule has 0 heterocycles. The van der Waals surface area contributed by atoms with Gasteiger partial charge in [-0.3, -0.25) is 0 Å². The zero-order valence-corrected chi connectivity index (χ0v) is 28.2. The molecule has 16 nitrogen and oxygen atoms in total. The van der Waals surface area contributed by atoms with Crippen molar-refractivity contribution < 1.29 is 31.0 Å². The number of phenolic OH excluding ortho intramolecular Hbond substituents is 1. The molecule has 6 aromatic rings. The molecule has 18 heteroatoms. The fourth-order valence-electron chi connectivity index (χ4n) is 5.02. The predicted molar refractivity (Wildman–Crippen MR) is 192 cm³/mol. The molecular formula is C34H25N9O7S2-2. The summed E-state index contributed by atoms with van der Waals surface area (Å²) in [7, 11) is -10.6. The summed E-state index contributed by atoms with van der Waals surface area (Å²) in [6.45, 7) is 0. The SMILES string of the molecule is Nc1ccc(N=Nc2ccc(-c3ccc(N=Nc4c(S(=O)(=O)[O-])cc5cc(S(=O)(=O)[O-])c(N=Nc6ccccc6)c(O)c5c4N)cc3)cc2)c(N)c1. The van der Waals surface area contributed by atoms with E-state index in [-0.39, 0.29) is 22.1 Å². The van der Waals surface area contributed by atoms with E-state index >= 15 is 0 Å². The van der Waals surface area contributed by atoms with Crippen LogP contribution in [0.1, 0.15) is 0 Å². The van der Waals surface area contributed by atoms with Gasteiger partial charge in [0.15, 0.2) is 5.75 Å². The van der Waals surface area contributed by atoms with Crippen LogP contribution in [-0.2, 0) is 20.2 Å². The minimum Gasteiger partial charge on any atom is -0.744 e. The van der Waals surface area contributed by atoms with Gasteiger partial charge in [0.2, 0.25) is 0 Å². The maximum atomic E-state index is 12.3. The van der Waals surface area contributed by atoms with E-state index in [1.165, 1.54) is 12.1 Å². The Morgan fingerprint density at radius 2 is 1.02 bits per heavy atom. The van der Waals surface area contributed by atoms with Crippen LogP contribution in [0.25, 0.3) is 21.9 Å². The Morgan fingerprint density at radius 1 is 0.538 bits per heavy atom. The van der Waals surface area contributed by atoms with Gasteiger partial charge in [-0.2, -0.15) is 15.3 Å². The van der Waals surface area contributed by atoms with E-state index in [4.69, 9.17) is 17.2 Å². The molecule has 0 saturated carbocycles. The molecule has 6 rings (SSSR count). The number of nitrogens with two attached hydrogens (primary N) is 3. The van der Waals surface area contributed by atoms with E-state index in [2.05, 4.69) is 30.7 Å². The van der Waals surface area contributed by atoms with Crippen LogP contribution >= 0.6 is 0 Å². The molecule has 52 heavy (non-hydrogen) atoms. The standard InChI is InChI=1S/C34H27N9O7S2/c35-22-10-15-27(26(36)18-22)41-38-24-11-6-19(7-12-24)20-8-13-25(14-9-20)40-42-32-28(51(45,46)47)16-21-17-29(52(48,49)50)33(34(44)30(21)31(32)37)43-39-23-4-2-1-3-5-23/h1-18,44H,35-37H2,(H,45,46,47)(H,48,49,50)/p-2. The quantitative estimate of drug-likeness (QED) is 0.0629. The van der Waals surface area contributed by atoms with Gasteiger partial charge in [-0.05, 0) is 83.2 Å². The number of nitrogen functional groups attached to an aromatic ring is 3. The van der Waals surface area contributed by atoms with Crippen molar-refractivity contribution in [2.24, 2.45) is 30.7 Å². The third-order valence-corrected chi connectivity index (χ3v) is 9.23. The largest absolute Gasteiger partial charge is 0.744 e. The summed E-state index contributed by atoms with van der Waals surface area (Å²) < 4.78 is 73.4. The van der Waals surface area contributed by atoms with Gasteiger partial charge >= 0.3 is 0 Å². The molecule has 0 unspecified atom stereocenters. The Labute approximate surface area is 296 Å². The fourth-order valence-corrected chi connectivity index (χ4v) is 6.32. The smallest absolute Gasteiger partial charge is 0.154 e. The second kappa shape index (κ2) is 14.0. The van der Waals surface area contributed by atoms with Gasteiger partial charge in [-0.25, -0.2) is 16.8 Å². The van der Waals surface area contributed by atoms with Crippen LogP contribution in [0.5, 0.6) is 5.75 Å². The summed E-state index contributed by atoms with van der Waals surface area (Å²) >= 11 is 0. The first-order chi connectivity index (χ1) is 24.7. The molecule has 0 aliphatic heterocycles. The molecule has 7 N–H and O–H groups in total. The molecule has 0 saturated heterocycles. The van der Waals surface area contributed by atoms with E-state index in [1.807, 2.05) is 12.1 Å². The summed E-state index contributed by atoms with van der Waals surface area (Å²) in [5.74, 6) is -0.915. The van der Waals surface area contributed by atoms with Gasteiger partial charge < -0.3 is 31.4 Å². The maximum Gasteiger partial charge on any atom is 0.154 e. The highest BCUT2D eigenvalue weighted by Crippen LogP contribution is 2.48. The lowest BCUT2D eigenvalue weighted by atomic mass is 10.0. The minimum atomic E-state index is -5.30. The Hall–Kier alpha value is -6.60. The van der Waals surface area contributed by atoms with Gasteiger partial charge in [-0.1, -0.05) is 42.5 Å². The molecule has 0 radical (unpaired) electrons. The molecule has 262 valence electrons.